The number of aryl methyl sites for hydroxylation is 1. The van der Waals surface area contributed by atoms with Gasteiger partial charge in [0.15, 0.2) is 0 Å². The van der Waals surface area contributed by atoms with Crippen LogP contribution in [0.1, 0.15) is 29.5 Å². The molecule has 0 amide bonds. The zero-order valence-corrected chi connectivity index (χ0v) is 13.2. The van der Waals surface area contributed by atoms with Crippen molar-refractivity contribution in [1.82, 2.24) is 5.32 Å². The molecule has 0 spiro atoms. The standard InChI is InChI=1S/C19H25NO2/c1-16-7-6-8-17(13-16)15-22-19-10-3-2-9-18(19)14-20-11-4-5-12-21/h2-3,6-10,13,20-21H,4-5,11-12,14-15H2,1H3. The van der Waals surface area contributed by atoms with Crippen LogP contribution in [0.25, 0.3) is 0 Å². The van der Waals surface area contributed by atoms with E-state index in [9.17, 15) is 0 Å². The maximum Gasteiger partial charge on any atom is 0.124 e. The fraction of sp³-hybridized carbons (Fsp3) is 0.368. The van der Waals surface area contributed by atoms with E-state index in [2.05, 4.69) is 42.6 Å². The van der Waals surface area contributed by atoms with Crippen molar-refractivity contribution in [2.24, 2.45) is 0 Å². The Hall–Kier alpha value is -1.84. The summed E-state index contributed by atoms with van der Waals surface area (Å²) in [7, 11) is 0. The van der Waals surface area contributed by atoms with Gasteiger partial charge >= 0.3 is 0 Å². The minimum Gasteiger partial charge on any atom is -0.489 e. The summed E-state index contributed by atoms with van der Waals surface area (Å²) in [4.78, 5) is 0. The fourth-order valence-corrected chi connectivity index (χ4v) is 2.34. The highest BCUT2D eigenvalue weighted by atomic mass is 16.5. The van der Waals surface area contributed by atoms with Gasteiger partial charge in [-0.2, -0.15) is 0 Å². The molecular weight excluding hydrogens is 274 g/mol. The molecule has 2 rings (SSSR count). The minimum absolute atomic E-state index is 0.262. The molecule has 0 aliphatic heterocycles. The monoisotopic (exact) mass is 299 g/mol. The molecule has 0 bridgehead atoms. The van der Waals surface area contributed by atoms with E-state index in [4.69, 9.17) is 9.84 Å². The Labute approximate surface area is 133 Å². The van der Waals surface area contributed by atoms with Crippen LogP contribution in [0.15, 0.2) is 48.5 Å². The number of nitrogens with one attached hydrogen (secondary N) is 1. The van der Waals surface area contributed by atoms with Crippen molar-refractivity contribution in [3.63, 3.8) is 0 Å². The number of aliphatic hydroxyl groups excluding tert-OH is 1. The average molecular weight is 299 g/mol. The van der Waals surface area contributed by atoms with Gasteiger partial charge in [-0.1, -0.05) is 48.0 Å². The maximum atomic E-state index is 8.78. The van der Waals surface area contributed by atoms with Crippen molar-refractivity contribution >= 4 is 0 Å². The highest BCUT2D eigenvalue weighted by Crippen LogP contribution is 2.19. The Balaban J connectivity index is 1.87. The normalized spacial score (nSPS) is 10.6. The van der Waals surface area contributed by atoms with Crippen molar-refractivity contribution < 1.29 is 9.84 Å². The van der Waals surface area contributed by atoms with Gasteiger partial charge in [-0.3, -0.25) is 0 Å². The number of hydrogen-bond donors (Lipinski definition) is 2. The lowest BCUT2D eigenvalue weighted by Crippen LogP contribution is -2.15. The molecule has 2 aromatic rings. The smallest absolute Gasteiger partial charge is 0.124 e. The molecular formula is C19H25NO2. The molecule has 22 heavy (non-hydrogen) atoms. The van der Waals surface area contributed by atoms with Crippen molar-refractivity contribution in [3.8, 4) is 5.75 Å². The highest BCUT2D eigenvalue weighted by Gasteiger charge is 2.03. The van der Waals surface area contributed by atoms with Gasteiger partial charge in [0.05, 0.1) is 0 Å². The first-order valence-electron chi connectivity index (χ1n) is 7.87. The Morgan fingerprint density at radius 1 is 1.05 bits per heavy atom. The molecule has 0 aromatic heterocycles. The van der Waals surface area contributed by atoms with Crippen LogP contribution in [0.2, 0.25) is 0 Å². The topological polar surface area (TPSA) is 41.5 Å². The number of ether oxygens (including phenoxy) is 1. The van der Waals surface area contributed by atoms with Gasteiger partial charge in [-0.15, -0.1) is 0 Å². The van der Waals surface area contributed by atoms with E-state index in [1.54, 1.807) is 0 Å². The third-order valence-corrected chi connectivity index (χ3v) is 3.53. The van der Waals surface area contributed by atoms with Crippen molar-refractivity contribution in [1.29, 1.82) is 0 Å². The number of rotatable bonds is 9. The van der Waals surface area contributed by atoms with Crippen molar-refractivity contribution in [2.75, 3.05) is 13.2 Å². The number of hydrogen-bond acceptors (Lipinski definition) is 3. The molecule has 0 unspecified atom stereocenters. The quantitative estimate of drug-likeness (QED) is 0.697. The van der Waals surface area contributed by atoms with Gasteiger partial charge < -0.3 is 15.2 Å². The van der Waals surface area contributed by atoms with Gasteiger partial charge in [-0.05, 0) is 37.9 Å². The summed E-state index contributed by atoms with van der Waals surface area (Å²) in [6, 6.07) is 16.5. The Bertz CT molecular complexity index is 569. The fourth-order valence-electron chi connectivity index (χ4n) is 2.34. The number of aliphatic hydroxyl groups is 1. The van der Waals surface area contributed by atoms with Crippen molar-refractivity contribution in [3.05, 3.63) is 65.2 Å². The van der Waals surface area contributed by atoms with Crippen LogP contribution < -0.4 is 10.1 Å². The average Bonchev–Trinajstić information content (AvgIpc) is 2.54. The van der Waals surface area contributed by atoms with Crippen molar-refractivity contribution in [2.45, 2.75) is 32.9 Å². The lowest BCUT2D eigenvalue weighted by molar-refractivity contribution is 0.283. The number of benzene rings is 2. The van der Waals surface area contributed by atoms with E-state index >= 15 is 0 Å². The van der Waals surface area contributed by atoms with Gasteiger partial charge in [0.2, 0.25) is 0 Å². The summed E-state index contributed by atoms with van der Waals surface area (Å²) in [5.74, 6) is 0.929. The molecule has 3 heteroatoms. The molecule has 118 valence electrons. The number of unbranched alkanes of at least 4 members (excludes halogenated alkanes) is 1. The molecule has 0 heterocycles. The summed E-state index contributed by atoms with van der Waals surface area (Å²) in [5, 5.41) is 12.2. The van der Waals surface area contributed by atoms with E-state index in [0.717, 1.165) is 31.7 Å². The number of para-hydroxylation sites is 1. The third kappa shape index (κ3) is 5.51. The largest absolute Gasteiger partial charge is 0.489 e. The Kier molecular flexibility index (Phi) is 6.94. The molecule has 0 radical (unpaired) electrons. The molecule has 0 saturated carbocycles. The predicted molar refractivity (Wildman–Crippen MR) is 90.0 cm³/mol. The van der Waals surface area contributed by atoms with E-state index < -0.39 is 0 Å². The second-order valence-electron chi connectivity index (χ2n) is 5.49. The van der Waals surface area contributed by atoms with Gasteiger partial charge in [0.1, 0.15) is 12.4 Å². The van der Waals surface area contributed by atoms with Crippen LogP contribution in [-0.4, -0.2) is 18.3 Å². The Morgan fingerprint density at radius 3 is 2.73 bits per heavy atom. The SMILES string of the molecule is Cc1cccc(COc2ccccc2CNCCCCO)c1. The van der Waals surface area contributed by atoms with E-state index in [-0.39, 0.29) is 6.61 Å². The first-order chi connectivity index (χ1) is 10.8. The van der Waals surface area contributed by atoms with Crippen LogP contribution >= 0.6 is 0 Å². The lowest BCUT2D eigenvalue weighted by atomic mass is 10.1. The van der Waals surface area contributed by atoms with E-state index in [0.29, 0.717) is 6.61 Å². The lowest BCUT2D eigenvalue weighted by Gasteiger charge is -2.12. The second-order valence-corrected chi connectivity index (χ2v) is 5.49. The van der Waals surface area contributed by atoms with Gasteiger partial charge in [-0.25, -0.2) is 0 Å². The molecule has 2 N–H and O–H groups in total. The highest BCUT2D eigenvalue weighted by molar-refractivity contribution is 5.33. The van der Waals surface area contributed by atoms with Crippen LogP contribution in [0, 0.1) is 6.92 Å². The second kappa shape index (κ2) is 9.23. The Morgan fingerprint density at radius 2 is 1.91 bits per heavy atom. The maximum absolute atomic E-state index is 8.78. The van der Waals surface area contributed by atoms with Crippen LogP contribution in [0.5, 0.6) is 5.75 Å². The van der Waals surface area contributed by atoms with Crippen LogP contribution in [0.4, 0.5) is 0 Å². The third-order valence-electron chi connectivity index (χ3n) is 3.53. The first kappa shape index (κ1) is 16.5. The molecule has 2 aromatic carbocycles. The molecule has 3 nitrogen and oxygen atoms in total. The molecule has 0 aliphatic carbocycles. The summed E-state index contributed by atoms with van der Waals surface area (Å²) < 4.78 is 5.98. The summed E-state index contributed by atoms with van der Waals surface area (Å²) in [6.07, 6.45) is 1.83. The van der Waals surface area contributed by atoms with Crippen LogP contribution in [0.3, 0.4) is 0 Å². The summed E-state index contributed by atoms with van der Waals surface area (Å²) in [6.45, 7) is 4.64. The zero-order valence-electron chi connectivity index (χ0n) is 13.2. The van der Waals surface area contributed by atoms with E-state index in [1.807, 2.05) is 18.2 Å². The van der Waals surface area contributed by atoms with Gasteiger partial charge in [0, 0.05) is 18.7 Å². The summed E-state index contributed by atoms with van der Waals surface area (Å²) in [5.41, 5.74) is 3.60. The van der Waals surface area contributed by atoms with Crippen LogP contribution in [-0.2, 0) is 13.2 Å². The van der Waals surface area contributed by atoms with E-state index in [1.165, 1.54) is 16.7 Å². The summed E-state index contributed by atoms with van der Waals surface area (Å²) >= 11 is 0. The molecule has 0 atom stereocenters. The van der Waals surface area contributed by atoms with Gasteiger partial charge in [0.25, 0.3) is 0 Å². The molecule has 0 fully saturated rings. The predicted octanol–water partition coefficient (Wildman–Crippen LogP) is 3.44. The minimum atomic E-state index is 0.262. The zero-order chi connectivity index (χ0) is 15.6. The molecule has 0 aliphatic rings. The molecule has 0 saturated heterocycles. The first-order valence-corrected chi connectivity index (χ1v) is 7.87.